The normalized spacial score (nSPS) is 24.2. The van der Waals surface area contributed by atoms with Crippen LogP contribution in [-0.4, -0.2) is 28.7 Å². The fourth-order valence-electron chi connectivity index (χ4n) is 4.20. The SMILES string of the molecule is Cc1cccc(N2C(=S)N=C(Nc3ccccc3)C23CCOC(C)(C)C3)c1. The van der Waals surface area contributed by atoms with Crippen molar-refractivity contribution in [3.05, 3.63) is 60.2 Å². The second-order valence-corrected chi connectivity index (χ2v) is 8.34. The van der Waals surface area contributed by atoms with Crippen molar-refractivity contribution < 1.29 is 4.74 Å². The summed E-state index contributed by atoms with van der Waals surface area (Å²) >= 11 is 5.75. The maximum Gasteiger partial charge on any atom is 0.202 e. The van der Waals surface area contributed by atoms with E-state index in [0.29, 0.717) is 11.7 Å². The van der Waals surface area contributed by atoms with Gasteiger partial charge in [0.15, 0.2) is 0 Å². The molecule has 2 aromatic carbocycles. The first-order valence-corrected chi connectivity index (χ1v) is 9.77. The average molecular weight is 380 g/mol. The van der Waals surface area contributed by atoms with Gasteiger partial charge >= 0.3 is 0 Å². The van der Waals surface area contributed by atoms with Crippen LogP contribution >= 0.6 is 12.2 Å². The van der Waals surface area contributed by atoms with Crippen LogP contribution in [0.5, 0.6) is 0 Å². The van der Waals surface area contributed by atoms with E-state index in [2.05, 4.69) is 67.4 Å². The maximum atomic E-state index is 6.04. The van der Waals surface area contributed by atoms with Crippen molar-refractivity contribution in [2.45, 2.75) is 44.8 Å². The molecule has 0 bridgehead atoms. The van der Waals surface area contributed by atoms with Gasteiger partial charge in [-0.15, -0.1) is 0 Å². The molecule has 0 amide bonds. The number of aryl methyl sites for hydroxylation is 1. The van der Waals surface area contributed by atoms with Gasteiger partial charge in [0.05, 0.1) is 5.60 Å². The molecule has 1 saturated heterocycles. The zero-order valence-electron chi connectivity index (χ0n) is 16.0. The lowest BCUT2D eigenvalue weighted by atomic mass is 9.79. The van der Waals surface area contributed by atoms with Crippen molar-refractivity contribution >= 4 is 34.5 Å². The van der Waals surface area contributed by atoms with Crippen LogP contribution in [0.25, 0.3) is 0 Å². The zero-order chi connectivity index (χ0) is 19.1. The van der Waals surface area contributed by atoms with E-state index < -0.39 is 0 Å². The average Bonchev–Trinajstić information content (AvgIpc) is 2.85. The molecule has 2 aliphatic heterocycles. The van der Waals surface area contributed by atoms with Gasteiger partial charge in [-0.2, -0.15) is 0 Å². The summed E-state index contributed by atoms with van der Waals surface area (Å²) in [5.74, 6) is 0.914. The van der Waals surface area contributed by atoms with Gasteiger partial charge in [-0.05, 0) is 62.8 Å². The van der Waals surface area contributed by atoms with Crippen LogP contribution in [0.15, 0.2) is 59.6 Å². The van der Waals surface area contributed by atoms with E-state index in [4.69, 9.17) is 21.9 Å². The van der Waals surface area contributed by atoms with Crippen molar-refractivity contribution in [2.24, 2.45) is 4.99 Å². The number of rotatable bonds is 2. The number of amidine groups is 1. The Labute approximate surface area is 166 Å². The third kappa shape index (κ3) is 3.37. The summed E-state index contributed by atoms with van der Waals surface area (Å²) < 4.78 is 6.04. The van der Waals surface area contributed by atoms with E-state index in [1.165, 1.54) is 5.56 Å². The highest BCUT2D eigenvalue weighted by molar-refractivity contribution is 7.80. The first-order valence-electron chi connectivity index (χ1n) is 9.36. The number of benzene rings is 2. The molecule has 0 saturated carbocycles. The molecular formula is C22H25N3OS. The largest absolute Gasteiger partial charge is 0.375 e. The lowest BCUT2D eigenvalue weighted by molar-refractivity contribution is -0.0661. The number of nitrogens with zero attached hydrogens (tertiary/aromatic N) is 2. The molecule has 0 aliphatic carbocycles. The second kappa shape index (κ2) is 6.73. The monoisotopic (exact) mass is 379 g/mol. The summed E-state index contributed by atoms with van der Waals surface area (Å²) in [6.07, 6.45) is 1.65. The van der Waals surface area contributed by atoms with Crippen LogP contribution in [0, 0.1) is 6.92 Å². The topological polar surface area (TPSA) is 36.9 Å². The van der Waals surface area contributed by atoms with E-state index in [9.17, 15) is 0 Å². The molecule has 0 aromatic heterocycles. The Kier molecular flexibility index (Phi) is 4.52. The molecule has 2 heterocycles. The molecule has 4 rings (SSSR count). The summed E-state index contributed by atoms with van der Waals surface area (Å²) in [6, 6.07) is 18.6. The highest BCUT2D eigenvalue weighted by Crippen LogP contribution is 2.43. The fraction of sp³-hybridized carbons (Fsp3) is 0.364. The molecule has 1 N–H and O–H groups in total. The van der Waals surface area contributed by atoms with Gasteiger partial charge < -0.3 is 15.0 Å². The van der Waals surface area contributed by atoms with Gasteiger partial charge in [0, 0.05) is 30.8 Å². The molecule has 5 heteroatoms. The molecule has 1 fully saturated rings. The quantitative estimate of drug-likeness (QED) is 0.750. The molecular weight excluding hydrogens is 354 g/mol. The number of ether oxygens (including phenoxy) is 1. The van der Waals surface area contributed by atoms with E-state index in [1.54, 1.807) is 0 Å². The highest BCUT2D eigenvalue weighted by Gasteiger charge is 2.53. The molecule has 2 aromatic rings. The summed E-state index contributed by atoms with van der Waals surface area (Å²) in [6.45, 7) is 7.06. The van der Waals surface area contributed by atoms with Gasteiger partial charge in [-0.1, -0.05) is 30.3 Å². The number of hydrogen-bond donors (Lipinski definition) is 1. The van der Waals surface area contributed by atoms with Crippen molar-refractivity contribution in [1.29, 1.82) is 0 Å². The first kappa shape index (κ1) is 18.1. The molecule has 1 spiro atoms. The van der Waals surface area contributed by atoms with Gasteiger partial charge in [0.25, 0.3) is 0 Å². The van der Waals surface area contributed by atoms with E-state index in [0.717, 1.165) is 30.1 Å². The van der Waals surface area contributed by atoms with Crippen LogP contribution in [0.4, 0.5) is 11.4 Å². The van der Waals surface area contributed by atoms with Crippen molar-refractivity contribution in [3.63, 3.8) is 0 Å². The lowest BCUT2D eigenvalue weighted by Gasteiger charge is -2.48. The van der Waals surface area contributed by atoms with E-state index >= 15 is 0 Å². The number of hydrogen-bond acceptors (Lipinski definition) is 3. The molecule has 1 atom stereocenters. The van der Waals surface area contributed by atoms with Gasteiger partial charge in [0.1, 0.15) is 11.4 Å². The molecule has 4 nitrogen and oxygen atoms in total. The Morgan fingerprint density at radius 3 is 2.59 bits per heavy atom. The van der Waals surface area contributed by atoms with Gasteiger partial charge in [-0.3, -0.25) is 0 Å². The van der Waals surface area contributed by atoms with Crippen molar-refractivity contribution in [3.8, 4) is 0 Å². The Balaban J connectivity index is 1.79. The highest BCUT2D eigenvalue weighted by atomic mass is 32.1. The summed E-state index contributed by atoms with van der Waals surface area (Å²) in [7, 11) is 0. The molecule has 27 heavy (non-hydrogen) atoms. The number of para-hydroxylation sites is 1. The smallest absolute Gasteiger partial charge is 0.202 e. The minimum absolute atomic E-state index is 0.251. The van der Waals surface area contributed by atoms with E-state index in [1.807, 2.05) is 18.2 Å². The minimum Gasteiger partial charge on any atom is -0.375 e. The number of anilines is 2. The third-order valence-electron chi connectivity index (χ3n) is 5.29. The predicted octanol–water partition coefficient (Wildman–Crippen LogP) is 4.94. The maximum absolute atomic E-state index is 6.04. The van der Waals surface area contributed by atoms with Crippen molar-refractivity contribution in [2.75, 3.05) is 16.8 Å². The number of aliphatic imine (C=N–C) groups is 1. The lowest BCUT2D eigenvalue weighted by Crippen LogP contribution is -2.60. The van der Waals surface area contributed by atoms with Crippen LogP contribution in [0.3, 0.4) is 0 Å². The number of thiocarbonyl (C=S) groups is 1. The Bertz CT molecular complexity index is 893. The van der Waals surface area contributed by atoms with Crippen LogP contribution < -0.4 is 10.2 Å². The van der Waals surface area contributed by atoms with Gasteiger partial charge in [-0.25, -0.2) is 4.99 Å². The van der Waals surface area contributed by atoms with Crippen LogP contribution in [0.2, 0.25) is 0 Å². The molecule has 1 unspecified atom stereocenters. The van der Waals surface area contributed by atoms with E-state index in [-0.39, 0.29) is 11.1 Å². The first-order chi connectivity index (χ1) is 12.9. The fourth-order valence-corrected chi connectivity index (χ4v) is 4.57. The molecule has 2 aliphatic rings. The Morgan fingerprint density at radius 2 is 1.89 bits per heavy atom. The molecule has 140 valence electrons. The number of nitrogens with one attached hydrogen (secondary N) is 1. The summed E-state index contributed by atoms with van der Waals surface area (Å²) in [5.41, 5.74) is 2.74. The summed E-state index contributed by atoms with van der Waals surface area (Å²) in [4.78, 5) is 7.05. The zero-order valence-corrected chi connectivity index (χ0v) is 16.8. The Morgan fingerprint density at radius 1 is 1.11 bits per heavy atom. The predicted molar refractivity (Wildman–Crippen MR) is 116 cm³/mol. The molecule has 0 radical (unpaired) electrons. The minimum atomic E-state index is -0.331. The van der Waals surface area contributed by atoms with Crippen LogP contribution in [-0.2, 0) is 4.74 Å². The van der Waals surface area contributed by atoms with Crippen LogP contribution in [0.1, 0.15) is 32.3 Å². The summed E-state index contributed by atoms with van der Waals surface area (Å²) in [5, 5.41) is 4.16. The second-order valence-electron chi connectivity index (χ2n) is 7.97. The third-order valence-corrected chi connectivity index (χ3v) is 5.56. The van der Waals surface area contributed by atoms with Gasteiger partial charge in [0.2, 0.25) is 5.11 Å². The Hall–Kier alpha value is -2.24. The standard InChI is InChI=1S/C22H25N3OS/c1-16-8-7-11-18(14-16)25-20(27)24-19(23-17-9-5-4-6-10-17)22(25)12-13-26-21(2,3)15-22/h4-11,14H,12-13,15H2,1-3H3,(H,23,24,27). The van der Waals surface area contributed by atoms with Crippen molar-refractivity contribution in [1.82, 2.24) is 0 Å².